The zero-order chi connectivity index (χ0) is 27.1. The van der Waals surface area contributed by atoms with Gasteiger partial charge in [-0.25, -0.2) is 4.57 Å². The Labute approximate surface area is 222 Å². The van der Waals surface area contributed by atoms with Crippen molar-refractivity contribution in [3.05, 3.63) is 77.9 Å². The zero-order valence-electron chi connectivity index (χ0n) is 22.0. The van der Waals surface area contributed by atoms with Gasteiger partial charge in [-0.3, -0.25) is 14.6 Å². The fourth-order valence-corrected chi connectivity index (χ4v) is 4.61. The molecule has 1 fully saturated rings. The largest absolute Gasteiger partial charge is 0.507 e. The number of amides is 1. The second kappa shape index (κ2) is 12.3. The smallest absolute Gasteiger partial charge is 0.295 e. The first-order chi connectivity index (χ1) is 18.5. The third kappa shape index (κ3) is 5.66. The number of hydrogen-bond acceptors (Lipinski definition) is 6. The number of benzene rings is 2. The number of aliphatic hydroxyl groups excluding tert-OH is 1. The van der Waals surface area contributed by atoms with Crippen molar-refractivity contribution in [2.75, 3.05) is 26.4 Å². The molecule has 4 rings (SSSR count). The number of ether oxygens (including phenoxy) is 3. The van der Waals surface area contributed by atoms with Crippen LogP contribution in [0.4, 0.5) is 0 Å². The van der Waals surface area contributed by atoms with Gasteiger partial charge in [0.2, 0.25) is 6.33 Å². The Balaban J connectivity index is 1.76. The molecule has 200 valence electrons. The maximum Gasteiger partial charge on any atom is 0.295 e. The van der Waals surface area contributed by atoms with E-state index in [1.807, 2.05) is 50.1 Å². The lowest BCUT2D eigenvalue weighted by atomic mass is 9.95. The van der Waals surface area contributed by atoms with Gasteiger partial charge in [-0.05, 0) is 62.7 Å². The van der Waals surface area contributed by atoms with Crippen molar-refractivity contribution in [1.82, 2.24) is 9.88 Å². The fourth-order valence-electron chi connectivity index (χ4n) is 4.61. The van der Waals surface area contributed by atoms with E-state index in [0.29, 0.717) is 67.7 Å². The molecule has 1 aliphatic rings. The van der Waals surface area contributed by atoms with Crippen molar-refractivity contribution in [3.63, 3.8) is 0 Å². The highest BCUT2D eigenvalue weighted by Crippen LogP contribution is 2.42. The van der Waals surface area contributed by atoms with E-state index in [-0.39, 0.29) is 11.3 Å². The van der Waals surface area contributed by atoms with Gasteiger partial charge in [0.1, 0.15) is 23.9 Å². The molecule has 38 heavy (non-hydrogen) atoms. The van der Waals surface area contributed by atoms with Gasteiger partial charge in [-0.15, -0.1) is 0 Å². The molecule has 3 aromatic rings. The second-order valence-corrected chi connectivity index (χ2v) is 8.72. The summed E-state index contributed by atoms with van der Waals surface area (Å²) in [6, 6.07) is 11.4. The summed E-state index contributed by atoms with van der Waals surface area (Å²) in [5.74, 6) is 0.143. The SMILES string of the molecule is CCOc1ccc(C(O)=C2C(=O)C(=O)N(CCC[n+]3cc[nH]c3)C2c2ccc(OCC)c(OCC)c2)cc1. The summed E-state index contributed by atoms with van der Waals surface area (Å²) in [6.45, 7) is 8.03. The van der Waals surface area contributed by atoms with Crippen molar-refractivity contribution >= 4 is 17.4 Å². The Kier molecular flexibility index (Phi) is 8.68. The van der Waals surface area contributed by atoms with Crippen LogP contribution in [0.1, 0.15) is 44.4 Å². The molecule has 2 heterocycles. The maximum atomic E-state index is 13.4. The number of likely N-dealkylation sites (tertiary alicyclic amines) is 1. The quantitative estimate of drug-likeness (QED) is 0.162. The van der Waals surface area contributed by atoms with Crippen LogP contribution in [0.5, 0.6) is 17.2 Å². The summed E-state index contributed by atoms with van der Waals surface area (Å²) in [5.41, 5.74) is 1.12. The monoisotopic (exact) mass is 520 g/mol. The summed E-state index contributed by atoms with van der Waals surface area (Å²) in [7, 11) is 0. The van der Waals surface area contributed by atoms with E-state index < -0.39 is 17.7 Å². The van der Waals surface area contributed by atoms with Gasteiger partial charge in [-0.1, -0.05) is 6.07 Å². The molecule has 1 amide bonds. The Morgan fingerprint density at radius 1 is 0.974 bits per heavy atom. The first-order valence-electron chi connectivity index (χ1n) is 12.9. The highest BCUT2D eigenvalue weighted by molar-refractivity contribution is 6.46. The summed E-state index contributed by atoms with van der Waals surface area (Å²) >= 11 is 0. The second-order valence-electron chi connectivity index (χ2n) is 8.72. The van der Waals surface area contributed by atoms with Crippen molar-refractivity contribution < 1.29 is 33.5 Å². The van der Waals surface area contributed by atoms with Gasteiger partial charge in [0.05, 0.1) is 38.0 Å². The molecule has 0 aliphatic carbocycles. The van der Waals surface area contributed by atoms with Crippen molar-refractivity contribution in [1.29, 1.82) is 0 Å². The molecule has 0 radical (unpaired) electrons. The summed E-state index contributed by atoms with van der Waals surface area (Å²) < 4.78 is 19.0. The van der Waals surface area contributed by atoms with Gasteiger partial charge in [0.15, 0.2) is 11.5 Å². The van der Waals surface area contributed by atoms with Gasteiger partial charge in [0, 0.05) is 18.5 Å². The Hall–Kier alpha value is -4.27. The average molecular weight is 521 g/mol. The topological polar surface area (TPSA) is 105 Å². The lowest BCUT2D eigenvalue weighted by Crippen LogP contribution is -2.36. The first kappa shape index (κ1) is 26.8. The molecule has 9 nitrogen and oxygen atoms in total. The molecule has 0 bridgehead atoms. The lowest BCUT2D eigenvalue weighted by Gasteiger charge is -2.26. The van der Waals surface area contributed by atoms with Crippen LogP contribution in [0.3, 0.4) is 0 Å². The third-order valence-electron chi connectivity index (χ3n) is 6.28. The van der Waals surface area contributed by atoms with E-state index in [1.54, 1.807) is 36.4 Å². The lowest BCUT2D eigenvalue weighted by molar-refractivity contribution is -0.695. The van der Waals surface area contributed by atoms with Gasteiger partial charge in [-0.2, -0.15) is 0 Å². The van der Waals surface area contributed by atoms with Crippen LogP contribution in [-0.2, 0) is 16.1 Å². The molecular weight excluding hydrogens is 486 g/mol. The number of imidazole rings is 1. The van der Waals surface area contributed by atoms with Crippen LogP contribution in [-0.4, -0.2) is 53.0 Å². The molecule has 1 aromatic heterocycles. The highest BCUT2D eigenvalue weighted by Gasteiger charge is 2.46. The number of hydrogen-bond donors (Lipinski definition) is 2. The van der Waals surface area contributed by atoms with Crippen molar-refractivity contribution in [3.8, 4) is 17.2 Å². The Morgan fingerprint density at radius 3 is 2.34 bits per heavy atom. The number of H-pyrrole nitrogens is 1. The number of aromatic nitrogens is 2. The van der Waals surface area contributed by atoms with Crippen LogP contribution in [0.25, 0.3) is 5.76 Å². The van der Waals surface area contributed by atoms with Crippen LogP contribution in [0.15, 0.2) is 66.8 Å². The molecule has 2 N–H and O–H groups in total. The zero-order valence-corrected chi connectivity index (χ0v) is 22.0. The molecule has 1 atom stereocenters. The number of nitrogens with zero attached hydrogens (tertiary/aromatic N) is 2. The number of aliphatic hydroxyl groups is 1. The van der Waals surface area contributed by atoms with Crippen molar-refractivity contribution in [2.24, 2.45) is 0 Å². The number of aromatic amines is 1. The third-order valence-corrected chi connectivity index (χ3v) is 6.28. The van der Waals surface area contributed by atoms with E-state index in [4.69, 9.17) is 14.2 Å². The van der Waals surface area contributed by atoms with E-state index in [0.717, 1.165) is 0 Å². The average Bonchev–Trinajstić information content (AvgIpc) is 3.52. The predicted molar refractivity (Wildman–Crippen MR) is 141 cm³/mol. The number of Topliss-reactive ketones (excluding diaryl/α,β-unsaturated/α-hetero) is 1. The van der Waals surface area contributed by atoms with Crippen LogP contribution in [0, 0.1) is 0 Å². The van der Waals surface area contributed by atoms with Gasteiger partial charge >= 0.3 is 0 Å². The Morgan fingerprint density at radius 2 is 1.68 bits per heavy atom. The molecule has 1 aliphatic heterocycles. The minimum atomic E-state index is -0.785. The minimum Gasteiger partial charge on any atom is -0.507 e. The summed E-state index contributed by atoms with van der Waals surface area (Å²) in [6.07, 6.45) is 6.17. The van der Waals surface area contributed by atoms with E-state index in [9.17, 15) is 14.7 Å². The first-order valence-corrected chi connectivity index (χ1v) is 12.9. The number of rotatable bonds is 12. The number of nitrogens with one attached hydrogen (secondary N) is 1. The molecule has 0 spiro atoms. The summed E-state index contributed by atoms with van der Waals surface area (Å²) in [4.78, 5) is 31.2. The maximum absolute atomic E-state index is 13.4. The Bertz CT molecular complexity index is 1280. The molecule has 1 unspecified atom stereocenters. The van der Waals surface area contributed by atoms with E-state index >= 15 is 0 Å². The molecule has 9 heteroatoms. The standard InChI is InChI=1S/C29H33N3O6/c1-4-36-22-11-8-20(9-12-22)27(33)25-26(21-10-13-23(37-5-2)24(18-21)38-6-3)32(29(35)28(25)34)16-7-15-31-17-14-30-19-31/h8-14,17-19,26H,4-7,15-16H2,1-3H3,(H,33,34)/p+1. The fraction of sp³-hybridized carbons (Fsp3) is 0.345. The molecule has 0 saturated carbocycles. The number of aryl methyl sites for hydroxylation is 1. The van der Waals surface area contributed by atoms with E-state index in [1.165, 1.54) is 4.90 Å². The number of carbonyl (C=O) groups is 2. The van der Waals surface area contributed by atoms with E-state index in [2.05, 4.69) is 4.98 Å². The molecule has 2 aromatic carbocycles. The van der Waals surface area contributed by atoms with Crippen LogP contribution < -0.4 is 18.8 Å². The predicted octanol–water partition coefficient (Wildman–Crippen LogP) is 4.01. The molecular formula is C29H34N3O6+. The van der Waals surface area contributed by atoms with Crippen LogP contribution in [0.2, 0.25) is 0 Å². The number of ketones is 1. The highest BCUT2D eigenvalue weighted by atomic mass is 16.5. The van der Waals surface area contributed by atoms with Crippen LogP contribution >= 0.6 is 0 Å². The van der Waals surface area contributed by atoms with Gasteiger partial charge in [0.25, 0.3) is 11.7 Å². The summed E-state index contributed by atoms with van der Waals surface area (Å²) in [5, 5.41) is 11.3. The van der Waals surface area contributed by atoms with Gasteiger partial charge < -0.3 is 24.2 Å². The normalized spacial score (nSPS) is 16.6. The van der Waals surface area contributed by atoms with Crippen molar-refractivity contribution in [2.45, 2.75) is 39.8 Å². The molecule has 1 saturated heterocycles. The minimum absolute atomic E-state index is 0.0417. The number of carbonyl (C=O) groups excluding carboxylic acids is 2.